The molecule has 2 aliphatic rings. The molecule has 1 saturated carbocycles. The van der Waals surface area contributed by atoms with E-state index in [1.54, 1.807) is 12.1 Å². The van der Waals surface area contributed by atoms with Gasteiger partial charge in [-0.15, -0.1) is 0 Å². The van der Waals surface area contributed by atoms with Crippen molar-refractivity contribution in [2.24, 2.45) is 11.8 Å². The van der Waals surface area contributed by atoms with E-state index < -0.39 is 0 Å². The highest BCUT2D eigenvalue weighted by molar-refractivity contribution is 6.03. The van der Waals surface area contributed by atoms with Gasteiger partial charge in [0.25, 0.3) is 5.91 Å². The molecule has 6 nitrogen and oxygen atoms in total. The second-order valence-electron chi connectivity index (χ2n) is 8.31. The number of nitrogens with one attached hydrogen (secondary N) is 2. The fourth-order valence-electron chi connectivity index (χ4n) is 4.34. The standard InChI is InChI=1S/C21H31N3O3/c1-14-11-15(2)13-24(12-14)20(26)18-5-3-4-6-19(18)23-21(27)22-16-7-9-17(25)10-8-16/h3-6,14-17,25H,7-13H2,1-2H3,(H2,22,23,27)/t14-,15+,16?,17?. The lowest BCUT2D eigenvalue weighted by Crippen LogP contribution is -2.43. The fraction of sp³-hybridized carbons (Fsp3) is 0.619. The third-order valence-electron chi connectivity index (χ3n) is 5.59. The summed E-state index contributed by atoms with van der Waals surface area (Å²) in [5.74, 6) is 0.954. The Labute approximate surface area is 161 Å². The summed E-state index contributed by atoms with van der Waals surface area (Å²) in [5.41, 5.74) is 1.08. The number of piperidine rings is 1. The van der Waals surface area contributed by atoms with Crippen molar-refractivity contribution in [3.05, 3.63) is 29.8 Å². The van der Waals surface area contributed by atoms with E-state index in [1.807, 2.05) is 17.0 Å². The Hall–Kier alpha value is -2.08. The lowest BCUT2D eigenvalue weighted by Gasteiger charge is -2.35. The van der Waals surface area contributed by atoms with Crippen LogP contribution in [-0.4, -0.2) is 47.2 Å². The number of carbonyl (C=O) groups excluding carboxylic acids is 2. The molecule has 1 aromatic rings. The zero-order valence-electron chi connectivity index (χ0n) is 16.3. The molecule has 1 aliphatic carbocycles. The SMILES string of the molecule is C[C@@H]1C[C@H](C)CN(C(=O)c2ccccc2NC(=O)NC2CCC(O)CC2)C1. The summed E-state index contributed by atoms with van der Waals surface area (Å²) in [6.45, 7) is 5.87. The van der Waals surface area contributed by atoms with Gasteiger partial charge < -0.3 is 20.6 Å². The Morgan fingerprint density at radius 1 is 1.04 bits per heavy atom. The van der Waals surface area contributed by atoms with Crippen molar-refractivity contribution in [1.82, 2.24) is 10.2 Å². The lowest BCUT2D eigenvalue weighted by molar-refractivity contribution is 0.0624. The predicted molar refractivity (Wildman–Crippen MR) is 106 cm³/mol. The molecule has 6 heteroatoms. The Bertz CT molecular complexity index is 660. The van der Waals surface area contributed by atoms with E-state index in [0.717, 1.165) is 32.4 Å². The van der Waals surface area contributed by atoms with Gasteiger partial charge in [0.1, 0.15) is 0 Å². The second kappa shape index (κ2) is 8.74. The van der Waals surface area contributed by atoms with Crippen molar-refractivity contribution in [1.29, 1.82) is 0 Å². The molecule has 2 fully saturated rings. The van der Waals surface area contributed by atoms with Gasteiger partial charge >= 0.3 is 6.03 Å². The van der Waals surface area contributed by atoms with Gasteiger partial charge in [-0.25, -0.2) is 4.79 Å². The molecular formula is C21H31N3O3. The summed E-state index contributed by atoms with van der Waals surface area (Å²) in [6.07, 6.45) is 3.87. The van der Waals surface area contributed by atoms with Gasteiger partial charge in [-0.2, -0.15) is 0 Å². The summed E-state index contributed by atoms with van der Waals surface area (Å²) >= 11 is 0. The van der Waals surface area contributed by atoms with Crippen LogP contribution in [-0.2, 0) is 0 Å². The number of amides is 3. The fourth-order valence-corrected chi connectivity index (χ4v) is 4.34. The average molecular weight is 373 g/mol. The van der Waals surface area contributed by atoms with Crippen molar-refractivity contribution in [3.63, 3.8) is 0 Å². The smallest absolute Gasteiger partial charge is 0.319 e. The number of hydrogen-bond acceptors (Lipinski definition) is 3. The molecule has 0 spiro atoms. The van der Waals surface area contributed by atoms with Gasteiger partial charge in [0.2, 0.25) is 0 Å². The molecule has 3 amide bonds. The molecule has 0 unspecified atom stereocenters. The molecule has 27 heavy (non-hydrogen) atoms. The number of hydrogen-bond donors (Lipinski definition) is 3. The summed E-state index contributed by atoms with van der Waals surface area (Å²) in [5, 5.41) is 15.4. The van der Waals surface area contributed by atoms with Gasteiger partial charge in [-0.3, -0.25) is 4.79 Å². The normalized spacial score (nSPS) is 28.5. The topological polar surface area (TPSA) is 81.7 Å². The van der Waals surface area contributed by atoms with E-state index in [2.05, 4.69) is 24.5 Å². The first-order chi connectivity index (χ1) is 12.9. The Kier molecular flexibility index (Phi) is 6.37. The number of aliphatic hydroxyl groups excluding tert-OH is 1. The molecular weight excluding hydrogens is 342 g/mol. The molecule has 1 heterocycles. The number of nitrogens with zero attached hydrogens (tertiary/aromatic N) is 1. The first kappa shape index (κ1) is 19.7. The van der Waals surface area contributed by atoms with Crippen molar-refractivity contribution < 1.29 is 14.7 Å². The highest BCUT2D eigenvalue weighted by Crippen LogP contribution is 2.25. The minimum Gasteiger partial charge on any atom is -0.393 e. The van der Waals surface area contributed by atoms with Crippen LogP contribution in [0, 0.1) is 11.8 Å². The Balaban J connectivity index is 1.65. The van der Waals surface area contributed by atoms with E-state index in [9.17, 15) is 14.7 Å². The summed E-state index contributed by atoms with van der Waals surface area (Å²) in [7, 11) is 0. The van der Waals surface area contributed by atoms with Crippen molar-refractivity contribution in [2.45, 2.75) is 58.1 Å². The molecule has 1 saturated heterocycles. The molecule has 1 aliphatic heterocycles. The van der Waals surface area contributed by atoms with E-state index in [0.29, 0.717) is 35.9 Å². The zero-order valence-corrected chi connectivity index (χ0v) is 16.3. The third-order valence-corrected chi connectivity index (χ3v) is 5.59. The van der Waals surface area contributed by atoms with Gasteiger partial charge in [-0.1, -0.05) is 26.0 Å². The second-order valence-corrected chi connectivity index (χ2v) is 8.31. The van der Waals surface area contributed by atoms with Crippen LogP contribution in [0.1, 0.15) is 56.3 Å². The maximum atomic E-state index is 13.0. The van der Waals surface area contributed by atoms with Crippen molar-refractivity contribution >= 4 is 17.6 Å². The zero-order chi connectivity index (χ0) is 19.4. The summed E-state index contributed by atoms with van der Waals surface area (Å²) < 4.78 is 0. The van der Waals surface area contributed by atoms with Crippen LogP contribution in [0.15, 0.2) is 24.3 Å². The number of anilines is 1. The van der Waals surface area contributed by atoms with Gasteiger partial charge in [0.15, 0.2) is 0 Å². The number of benzene rings is 1. The molecule has 3 rings (SSSR count). The van der Waals surface area contributed by atoms with E-state index in [-0.39, 0.29) is 24.1 Å². The van der Waals surface area contributed by atoms with Gasteiger partial charge in [0.05, 0.1) is 17.4 Å². The molecule has 0 bridgehead atoms. The van der Waals surface area contributed by atoms with E-state index >= 15 is 0 Å². The average Bonchev–Trinajstić information content (AvgIpc) is 2.63. The van der Waals surface area contributed by atoms with Gasteiger partial charge in [-0.05, 0) is 56.1 Å². The highest BCUT2D eigenvalue weighted by Gasteiger charge is 2.28. The lowest BCUT2D eigenvalue weighted by atomic mass is 9.91. The highest BCUT2D eigenvalue weighted by atomic mass is 16.3. The van der Waals surface area contributed by atoms with Crippen LogP contribution in [0.2, 0.25) is 0 Å². The van der Waals surface area contributed by atoms with Gasteiger partial charge in [0, 0.05) is 19.1 Å². The van der Waals surface area contributed by atoms with Crippen molar-refractivity contribution in [3.8, 4) is 0 Å². The minimum atomic E-state index is -0.294. The predicted octanol–water partition coefficient (Wildman–Crippen LogP) is 3.23. The van der Waals surface area contributed by atoms with Crippen LogP contribution in [0.25, 0.3) is 0 Å². The number of rotatable bonds is 3. The van der Waals surface area contributed by atoms with Crippen LogP contribution in [0.4, 0.5) is 10.5 Å². The van der Waals surface area contributed by atoms with E-state index in [1.165, 1.54) is 0 Å². The Morgan fingerprint density at radius 3 is 2.33 bits per heavy atom. The summed E-state index contributed by atoms with van der Waals surface area (Å²) in [6, 6.07) is 6.98. The molecule has 3 N–H and O–H groups in total. The first-order valence-corrected chi connectivity index (χ1v) is 10.1. The number of para-hydroxylation sites is 1. The molecule has 0 aromatic heterocycles. The van der Waals surface area contributed by atoms with Crippen molar-refractivity contribution in [2.75, 3.05) is 18.4 Å². The number of carbonyl (C=O) groups is 2. The number of likely N-dealkylation sites (tertiary alicyclic amines) is 1. The van der Waals surface area contributed by atoms with Crippen LogP contribution in [0.5, 0.6) is 0 Å². The first-order valence-electron chi connectivity index (χ1n) is 10.1. The largest absolute Gasteiger partial charge is 0.393 e. The summed E-state index contributed by atoms with van der Waals surface area (Å²) in [4.78, 5) is 27.4. The Morgan fingerprint density at radius 2 is 1.67 bits per heavy atom. The number of urea groups is 1. The monoisotopic (exact) mass is 373 g/mol. The molecule has 148 valence electrons. The van der Waals surface area contributed by atoms with Crippen LogP contribution < -0.4 is 10.6 Å². The maximum absolute atomic E-state index is 13.0. The minimum absolute atomic E-state index is 0.0231. The van der Waals surface area contributed by atoms with E-state index in [4.69, 9.17) is 0 Å². The maximum Gasteiger partial charge on any atom is 0.319 e. The quantitative estimate of drug-likeness (QED) is 0.761. The third kappa shape index (κ3) is 5.22. The molecule has 0 radical (unpaired) electrons. The van der Waals surface area contributed by atoms with Crippen LogP contribution >= 0.6 is 0 Å². The van der Waals surface area contributed by atoms with Crippen LogP contribution in [0.3, 0.4) is 0 Å². The molecule has 1 aromatic carbocycles. The molecule has 2 atom stereocenters. The number of aliphatic hydroxyl groups is 1.